The van der Waals surface area contributed by atoms with Gasteiger partial charge in [0.1, 0.15) is 6.10 Å². The Labute approximate surface area is 126 Å². The third-order valence-electron chi connectivity index (χ3n) is 3.21. The maximum atomic E-state index is 12.3. The van der Waals surface area contributed by atoms with Gasteiger partial charge in [0, 0.05) is 18.1 Å². The number of aryl methyl sites for hydroxylation is 2. The molecule has 0 aliphatic carbocycles. The van der Waals surface area contributed by atoms with E-state index in [2.05, 4.69) is 28.0 Å². The van der Waals surface area contributed by atoms with E-state index in [4.69, 9.17) is 4.74 Å². The van der Waals surface area contributed by atoms with E-state index in [0.29, 0.717) is 13.0 Å². The molecule has 1 aromatic rings. The monoisotopic (exact) mass is 346 g/mol. The second-order valence-corrected chi connectivity index (χ2v) is 6.40. The molecule has 1 aromatic heterocycles. The molecule has 2 heterocycles. The topological polar surface area (TPSA) is 44.1 Å². The van der Waals surface area contributed by atoms with Crippen LogP contribution in [0.1, 0.15) is 25.2 Å². The van der Waals surface area contributed by atoms with Crippen LogP contribution >= 0.6 is 27.7 Å². The average molecular weight is 347 g/mol. The van der Waals surface area contributed by atoms with Gasteiger partial charge in [0.15, 0.2) is 5.78 Å². The first-order chi connectivity index (χ1) is 9.17. The highest BCUT2D eigenvalue weighted by atomic mass is 79.9. The summed E-state index contributed by atoms with van der Waals surface area (Å²) in [6.07, 6.45) is 1.01. The van der Waals surface area contributed by atoms with Gasteiger partial charge in [0.2, 0.25) is 0 Å². The maximum Gasteiger partial charge on any atom is 0.168 e. The summed E-state index contributed by atoms with van der Waals surface area (Å²) in [6.45, 7) is 5.57. The SMILES string of the molecule is CCc1nn(CC)c(CC(=O)C2CSCCO2)c1Br. The van der Waals surface area contributed by atoms with Crippen molar-refractivity contribution in [3.05, 3.63) is 15.9 Å². The molecule has 0 radical (unpaired) electrons. The van der Waals surface area contributed by atoms with Crippen LogP contribution < -0.4 is 0 Å². The zero-order valence-corrected chi connectivity index (χ0v) is 13.7. The normalized spacial score (nSPS) is 19.6. The fourth-order valence-electron chi connectivity index (χ4n) is 2.14. The average Bonchev–Trinajstić information content (AvgIpc) is 2.76. The van der Waals surface area contributed by atoms with Crippen LogP contribution in [-0.4, -0.2) is 39.8 Å². The van der Waals surface area contributed by atoms with Gasteiger partial charge in [-0.3, -0.25) is 9.48 Å². The second-order valence-electron chi connectivity index (χ2n) is 4.45. The standard InChI is InChI=1S/C13H19BrN2O2S/c1-3-9-13(14)10(16(4-2)15-9)7-11(17)12-8-19-6-5-18-12/h12H,3-8H2,1-2H3. The van der Waals surface area contributed by atoms with Crippen molar-refractivity contribution in [1.82, 2.24) is 9.78 Å². The molecule has 6 heteroatoms. The van der Waals surface area contributed by atoms with Crippen molar-refractivity contribution in [3.63, 3.8) is 0 Å². The Bertz CT molecular complexity index is 456. The van der Waals surface area contributed by atoms with Gasteiger partial charge in [-0.15, -0.1) is 0 Å². The van der Waals surface area contributed by atoms with Gasteiger partial charge in [0.05, 0.1) is 28.9 Å². The van der Waals surface area contributed by atoms with E-state index >= 15 is 0 Å². The summed E-state index contributed by atoms with van der Waals surface area (Å²) < 4.78 is 8.44. The Kier molecular flexibility index (Phi) is 5.47. The Hall–Kier alpha value is -0.330. The predicted octanol–water partition coefficient (Wildman–Crippen LogP) is 2.47. The van der Waals surface area contributed by atoms with Crippen LogP contribution in [0, 0.1) is 0 Å². The number of ether oxygens (including phenoxy) is 1. The first kappa shape index (κ1) is 15.1. The van der Waals surface area contributed by atoms with E-state index in [1.54, 1.807) is 11.8 Å². The molecule has 1 fully saturated rings. The van der Waals surface area contributed by atoms with Crippen molar-refractivity contribution in [2.75, 3.05) is 18.1 Å². The zero-order valence-electron chi connectivity index (χ0n) is 11.3. The Morgan fingerprint density at radius 3 is 2.95 bits per heavy atom. The number of carbonyl (C=O) groups excluding carboxylic acids is 1. The number of Topliss-reactive ketones (excluding diaryl/α,β-unsaturated/α-hetero) is 1. The van der Waals surface area contributed by atoms with E-state index in [1.165, 1.54) is 0 Å². The van der Waals surface area contributed by atoms with Crippen LogP contribution in [-0.2, 0) is 28.9 Å². The number of hydrogen-bond acceptors (Lipinski definition) is 4. The van der Waals surface area contributed by atoms with Gasteiger partial charge in [0.25, 0.3) is 0 Å². The molecule has 2 rings (SSSR count). The van der Waals surface area contributed by atoms with Gasteiger partial charge in [-0.1, -0.05) is 6.92 Å². The number of ketones is 1. The summed E-state index contributed by atoms with van der Waals surface area (Å²) >= 11 is 5.36. The highest BCUT2D eigenvalue weighted by molar-refractivity contribution is 9.10. The van der Waals surface area contributed by atoms with E-state index in [0.717, 1.165) is 40.3 Å². The van der Waals surface area contributed by atoms with Gasteiger partial charge in [-0.25, -0.2) is 0 Å². The molecule has 1 saturated heterocycles. The van der Waals surface area contributed by atoms with Crippen molar-refractivity contribution >= 4 is 33.5 Å². The largest absolute Gasteiger partial charge is 0.369 e. The van der Waals surface area contributed by atoms with Gasteiger partial charge < -0.3 is 4.74 Å². The Morgan fingerprint density at radius 1 is 1.58 bits per heavy atom. The smallest absolute Gasteiger partial charge is 0.168 e. The molecule has 1 aliphatic heterocycles. The summed E-state index contributed by atoms with van der Waals surface area (Å²) in [5.41, 5.74) is 1.99. The summed E-state index contributed by atoms with van der Waals surface area (Å²) in [5.74, 6) is 1.92. The molecule has 4 nitrogen and oxygen atoms in total. The van der Waals surface area contributed by atoms with E-state index in [-0.39, 0.29) is 11.9 Å². The minimum Gasteiger partial charge on any atom is -0.369 e. The minimum absolute atomic E-state index is 0.158. The number of hydrogen-bond donors (Lipinski definition) is 0. The molecule has 0 N–H and O–H groups in total. The van der Waals surface area contributed by atoms with Crippen LogP contribution in [0.4, 0.5) is 0 Å². The highest BCUT2D eigenvalue weighted by Crippen LogP contribution is 2.24. The van der Waals surface area contributed by atoms with Crippen LogP contribution in [0.3, 0.4) is 0 Å². The summed E-state index contributed by atoms with van der Waals surface area (Å²) in [7, 11) is 0. The van der Waals surface area contributed by atoms with Gasteiger partial charge >= 0.3 is 0 Å². The molecule has 1 atom stereocenters. The fourth-order valence-corrected chi connectivity index (χ4v) is 3.72. The third kappa shape index (κ3) is 3.41. The third-order valence-corrected chi connectivity index (χ3v) is 5.12. The summed E-state index contributed by atoms with van der Waals surface area (Å²) in [4.78, 5) is 12.3. The molecule has 0 saturated carbocycles. The van der Waals surface area contributed by atoms with Crippen LogP contribution in [0.5, 0.6) is 0 Å². The lowest BCUT2D eigenvalue weighted by Crippen LogP contribution is -2.33. The zero-order chi connectivity index (χ0) is 13.8. The number of nitrogens with zero attached hydrogens (tertiary/aromatic N) is 2. The van der Waals surface area contributed by atoms with Gasteiger partial charge in [-0.05, 0) is 29.3 Å². The molecule has 0 bridgehead atoms. The van der Waals surface area contributed by atoms with Crippen molar-refractivity contribution in [2.45, 2.75) is 39.3 Å². The summed E-state index contributed by atoms with van der Waals surface area (Å²) in [5, 5.41) is 4.52. The molecular weight excluding hydrogens is 328 g/mol. The molecule has 0 spiro atoms. The number of thioether (sulfide) groups is 1. The molecule has 1 unspecified atom stereocenters. The number of carbonyl (C=O) groups is 1. The predicted molar refractivity (Wildman–Crippen MR) is 80.8 cm³/mol. The van der Waals surface area contributed by atoms with Crippen molar-refractivity contribution in [2.24, 2.45) is 0 Å². The van der Waals surface area contributed by atoms with E-state index in [9.17, 15) is 4.79 Å². The van der Waals surface area contributed by atoms with E-state index < -0.39 is 0 Å². The van der Waals surface area contributed by atoms with Crippen LogP contribution in [0.25, 0.3) is 0 Å². The van der Waals surface area contributed by atoms with Gasteiger partial charge in [-0.2, -0.15) is 16.9 Å². The maximum absolute atomic E-state index is 12.3. The highest BCUT2D eigenvalue weighted by Gasteiger charge is 2.25. The quantitative estimate of drug-likeness (QED) is 0.821. The molecule has 0 amide bonds. The summed E-state index contributed by atoms with van der Waals surface area (Å²) in [6, 6.07) is 0. The number of rotatable bonds is 5. The van der Waals surface area contributed by atoms with Crippen LogP contribution in [0.2, 0.25) is 0 Å². The Balaban J connectivity index is 2.13. The van der Waals surface area contributed by atoms with E-state index in [1.807, 2.05) is 11.6 Å². The number of halogens is 1. The molecule has 106 valence electrons. The Morgan fingerprint density at radius 2 is 2.37 bits per heavy atom. The lowest BCUT2D eigenvalue weighted by atomic mass is 10.1. The first-order valence-corrected chi connectivity index (χ1v) is 8.58. The molecule has 0 aromatic carbocycles. The number of aromatic nitrogens is 2. The van der Waals surface area contributed by atoms with Crippen molar-refractivity contribution in [1.29, 1.82) is 0 Å². The molecular formula is C13H19BrN2O2S. The second kappa shape index (κ2) is 6.90. The van der Waals surface area contributed by atoms with Crippen molar-refractivity contribution in [3.8, 4) is 0 Å². The van der Waals surface area contributed by atoms with Crippen LogP contribution in [0.15, 0.2) is 4.47 Å². The minimum atomic E-state index is -0.254. The molecule has 1 aliphatic rings. The first-order valence-electron chi connectivity index (χ1n) is 6.63. The lowest BCUT2D eigenvalue weighted by molar-refractivity contribution is -0.128. The lowest BCUT2D eigenvalue weighted by Gasteiger charge is -2.21. The fraction of sp³-hybridized carbons (Fsp3) is 0.692. The molecule has 19 heavy (non-hydrogen) atoms. The van der Waals surface area contributed by atoms with Crippen molar-refractivity contribution < 1.29 is 9.53 Å².